The van der Waals surface area contributed by atoms with E-state index in [9.17, 15) is 19.1 Å². The SMILES string of the molecule is O=C(CC(=O)N[C@]1(c2ccc(Br)cc2F)CCCNC1)NC1CCC(O)CC1. The Morgan fingerprint density at radius 1 is 1.25 bits per heavy atom. The van der Waals surface area contributed by atoms with Crippen molar-refractivity contribution >= 4 is 27.7 Å². The van der Waals surface area contributed by atoms with E-state index in [1.54, 1.807) is 12.1 Å². The lowest BCUT2D eigenvalue weighted by Gasteiger charge is -2.39. The second-order valence-electron chi connectivity index (χ2n) is 7.78. The summed E-state index contributed by atoms with van der Waals surface area (Å²) >= 11 is 3.26. The molecule has 1 aromatic rings. The molecule has 0 aromatic heterocycles. The lowest BCUT2D eigenvalue weighted by atomic mass is 9.82. The molecule has 2 aliphatic rings. The van der Waals surface area contributed by atoms with E-state index in [0.717, 1.165) is 13.0 Å². The number of rotatable bonds is 5. The number of piperidine rings is 1. The maximum absolute atomic E-state index is 14.6. The number of carbonyl (C=O) groups excluding carboxylic acids is 2. The number of hydrogen-bond donors (Lipinski definition) is 4. The Balaban J connectivity index is 1.64. The van der Waals surface area contributed by atoms with Gasteiger partial charge in [-0.25, -0.2) is 4.39 Å². The molecule has 1 atom stereocenters. The summed E-state index contributed by atoms with van der Waals surface area (Å²) < 4.78 is 15.3. The molecule has 1 saturated carbocycles. The van der Waals surface area contributed by atoms with Gasteiger partial charge >= 0.3 is 0 Å². The summed E-state index contributed by atoms with van der Waals surface area (Å²) in [5, 5.41) is 18.6. The number of nitrogens with one attached hydrogen (secondary N) is 3. The Kier molecular flexibility index (Phi) is 7.06. The number of amides is 2. The summed E-state index contributed by atoms with van der Waals surface area (Å²) in [7, 11) is 0. The largest absolute Gasteiger partial charge is 0.393 e. The zero-order valence-corrected chi connectivity index (χ0v) is 17.4. The Bertz CT molecular complexity index is 717. The van der Waals surface area contributed by atoms with Crippen LogP contribution in [0.4, 0.5) is 4.39 Å². The number of hydrogen-bond acceptors (Lipinski definition) is 4. The molecule has 0 spiro atoms. The van der Waals surface area contributed by atoms with E-state index in [2.05, 4.69) is 31.9 Å². The summed E-state index contributed by atoms with van der Waals surface area (Å²) in [5.41, 5.74) is -0.437. The average molecular weight is 456 g/mol. The van der Waals surface area contributed by atoms with Gasteiger partial charge < -0.3 is 21.1 Å². The molecule has 2 fully saturated rings. The van der Waals surface area contributed by atoms with Crippen molar-refractivity contribution in [3.05, 3.63) is 34.1 Å². The maximum atomic E-state index is 14.6. The number of halogens is 2. The molecule has 2 amide bonds. The van der Waals surface area contributed by atoms with E-state index in [1.165, 1.54) is 6.07 Å². The number of aliphatic hydroxyl groups excluding tert-OH is 1. The minimum Gasteiger partial charge on any atom is -0.393 e. The van der Waals surface area contributed by atoms with Crippen molar-refractivity contribution in [2.75, 3.05) is 13.1 Å². The third-order valence-electron chi connectivity index (χ3n) is 5.59. The molecule has 8 heteroatoms. The summed E-state index contributed by atoms with van der Waals surface area (Å²) in [6.07, 6.45) is 3.57. The van der Waals surface area contributed by atoms with Crippen LogP contribution >= 0.6 is 15.9 Å². The van der Waals surface area contributed by atoms with Crippen LogP contribution in [0.25, 0.3) is 0 Å². The molecule has 154 valence electrons. The first-order chi connectivity index (χ1) is 13.4. The van der Waals surface area contributed by atoms with Crippen molar-refractivity contribution < 1.29 is 19.1 Å². The van der Waals surface area contributed by atoms with Crippen molar-refractivity contribution in [1.82, 2.24) is 16.0 Å². The van der Waals surface area contributed by atoms with Crippen molar-refractivity contribution in [2.45, 2.75) is 62.6 Å². The number of benzene rings is 1. The van der Waals surface area contributed by atoms with Gasteiger partial charge in [-0.3, -0.25) is 9.59 Å². The Morgan fingerprint density at radius 2 is 2.00 bits per heavy atom. The van der Waals surface area contributed by atoms with Crippen LogP contribution in [0.5, 0.6) is 0 Å². The quantitative estimate of drug-likeness (QED) is 0.511. The predicted octanol–water partition coefficient (Wildman–Crippen LogP) is 2.09. The maximum Gasteiger partial charge on any atom is 0.230 e. The van der Waals surface area contributed by atoms with Crippen LogP contribution in [-0.4, -0.2) is 42.2 Å². The summed E-state index contributed by atoms with van der Waals surface area (Å²) in [5.74, 6) is -1.14. The van der Waals surface area contributed by atoms with Gasteiger partial charge in [-0.05, 0) is 57.2 Å². The van der Waals surface area contributed by atoms with Crippen LogP contribution in [-0.2, 0) is 15.1 Å². The lowest BCUT2D eigenvalue weighted by Crippen LogP contribution is -2.56. The molecule has 0 radical (unpaired) electrons. The zero-order valence-electron chi connectivity index (χ0n) is 15.8. The van der Waals surface area contributed by atoms with Crippen LogP contribution in [0.15, 0.2) is 22.7 Å². The van der Waals surface area contributed by atoms with Gasteiger partial charge in [0.15, 0.2) is 0 Å². The molecule has 0 bridgehead atoms. The molecular weight excluding hydrogens is 429 g/mol. The third kappa shape index (κ3) is 5.30. The van der Waals surface area contributed by atoms with Gasteiger partial charge in [0.05, 0.1) is 11.6 Å². The van der Waals surface area contributed by atoms with Gasteiger partial charge in [-0.15, -0.1) is 0 Å². The normalized spacial score (nSPS) is 27.8. The van der Waals surface area contributed by atoms with E-state index in [0.29, 0.717) is 48.7 Å². The molecule has 6 nitrogen and oxygen atoms in total. The highest BCUT2D eigenvalue weighted by molar-refractivity contribution is 9.10. The standard InChI is InChI=1S/C20H27BrFN3O3/c21-13-2-7-16(17(22)10-13)20(8-1-9-23-12-20)25-19(28)11-18(27)24-14-3-5-15(26)6-4-14/h2,7,10,14-15,23,26H,1,3-6,8-9,11-12H2,(H,24,27)(H,25,28)/t14?,15?,20-/m1/s1. The average Bonchev–Trinajstić information content (AvgIpc) is 2.64. The van der Waals surface area contributed by atoms with Crippen LogP contribution in [0.3, 0.4) is 0 Å². The third-order valence-corrected chi connectivity index (χ3v) is 6.09. The Labute approximate surface area is 172 Å². The molecule has 1 heterocycles. The smallest absolute Gasteiger partial charge is 0.230 e. The highest BCUT2D eigenvalue weighted by atomic mass is 79.9. The van der Waals surface area contributed by atoms with Gasteiger partial charge in [-0.1, -0.05) is 22.0 Å². The number of aliphatic hydroxyl groups is 1. The fourth-order valence-corrected chi connectivity index (χ4v) is 4.48. The Hall–Kier alpha value is -1.51. The van der Waals surface area contributed by atoms with Crippen molar-refractivity contribution in [3.8, 4) is 0 Å². The first kappa shape index (κ1) is 21.2. The molecule has 28 heavy (non-hydrogen) atoms. The molecule has 1 aromatic carbocycles. The first-order valence-electron chi connectivity index (χ1n) is 9.83. The monoisotopic (exact) mass is 455 g/mol. The summed E-state index contributed by atoms with van der Waals surface area (Å²) in [4.78, 5) is 24.9. The van der Waals surface area contributed by atoms with Crippen molar-refractivity contribution in [1.29, 1.82) is 0 Å². The van der Waals surface area contributed by atoms with E-state index >= 15 is 0 Å². The van der Waals surface area contributed by atoms with Crippen molar-refractivity contribution in [3.63, 3.8) is 0 Å². The van der Waals surface area contributed by atoms with Crippen molar-refractivity contribution in [2.24, 2.45) is 0 Å². The van der Waals surface area contributed by atoms with E-state index < -0.39 is 11.4 Å². The molecular formula is C20H27BrFN3O3. The number of carbonyl (C=O) groups is 2. The molecule has 4 N–H and O–H groups in total. The van der Waals surface area contributed by atoms with E-state index in [-0.39, 0.29) is 30.3 Å². The van der Waals surface area contributed by atoms with E-state index in [1.807, 2.05) is 0 Å². The zero-order chi connectivity index (χ0) is 20.1. The minimum atomic E-state index is -0.866. The van der Waals surface area contributed by atoms with Gasteiger partial charge in [0.25, 0.3) is 0 Å². The second kappa shape index (κ2) is 9.33. The fraction of sp³-hybridized carbons (Fsp3) is 0.600. The lowest BCUT2D eigenvalue weighted by molar-refractivity contribution is -0.131. The van der Waals surface area contributed by atoms with Gasteiger partial charge in [-0.2, -0.15) is 0 Å². The highest BCUT2D eigenvalue weighted by Crippen LogP contribution is 2.32. The molecule has 3 rings (SSSR count). The van der Waals surface area contributed by atoms with Crippen LogP contribution in [0.2, 0.25) is 0 Å². The second-order valence-corrected chi connectivity index (χ2v) is 8.70. The highest BCUT2D eigenvalue weighted by Gasteiger charge is 2.38. The molecule has 1 aliphatic carbocycles. The first-order valence-corrected chi connectivity index (χ1v) is 10.6. The Morgan fingerprint density at radius 3 is 2.64 bits per heavy atom. The van der Waals surface area contributed by atoms with Crippen LogP contribution < -0.4 is 16.0 Å². The summed E-state index contributed by atoms with van der Waals surface area (Å²) in [6, 6.07) is 4.82. The minimum absolute atomic E-state index is 0.00192. The van der Waals surface area contributed by atoms with Gasteiger partial charge in [0.1, 0.15) is 12.2 Å². The molecule has 1 saturated heterocycles. The van der Waals surface area contributed by atoms with E-state index in [4.69, 9.17) is 0 Å². The predicted molar refractivity (Wildman–Crippen MR) is 107 cm³/mol. The van der Waals surface area contributed by atoms with Gasteiger partial charge in [0.2, 0.25) is 11.8 Å². The molecule has 0 unspecified atom stereocenters. The van der Waals surface area contributed by atoms with Crippen LogP contribution in [0, 0.1) is 5.82 Å². The summed E-state index contributed by atoms with van der Waals surface area (Å²) in [6.45, 7) is 1.23. The van der Waals surface area contributed by atoms with Gasteiger partial charge in [0, 0.05) is 22.6 Å². The fourth-order valence-electron chi connectivity index (χ4n) is 4.14. The van der Waals surface area contributed by atoms with Crippen LogP contribution in [0.1, 0.15) is 50.5 Å². The topological polar surface area (TPSA) is 90.5 Å². The molecule has 1 aliphatic heterocycles.